The summed E-state index contributed by atoms with van der Waals surface area (Å²) in [5, 5.41) is 4.64. The Morgan fingerprint density at radius 3 is 2.61 bits per heavy atom. The molecule has 6 rings (SSSR count). The Kier molecular flexibility index (Phi) is 4.11. The van der Waals surface area contributed by atoms with Gasteiger partial charge in [-0.3, -0.25) is 4.98 Å². The lowest BCUT2D eigenvalue weighted by Gasteiger charge is -2.42. The monoisotopic (exact) mass is 410 g/mol. The first-order valence-corrected chi connectivity index (χ1v) is 11.0. The number of anilines is 1. The topological polar surface area (TPSA) is 72.3 Å². The zero-order valence-corrected chi connectivity index (χ0v) is 17.7. The molecule has 156 valence electrons. The molecule has 1 aliphatic heterocycles. The van der Waals surface area contributed by atoms with Crippen LogP contribution in [0.1, 0.15) is 35.7 Å². The minimum absolute atomic E-state index is 0.0727. The number of rotatable bonds is 2. The summed E-state index contributed by atoms with van der Waals surface area (Å²) in [6.45, 7) is 3.98. The van der Waals surface area contributed by atoms with Gasteiger partial charge in [-0.25, -0.2) is 9.50 Å². The van der Waals surface area contributed by atoms with Gasteiger partial charge >= 0.3 is 0 Å². The Bertz CT molecular complexity index is 1250. The molecular formula is C25H26N6. The van der Waals surface area contributed by atoms with Crippen LogP contribution in [0.3, 0.4) is 0 Å². The van der Waals surface area contributed by atoms with Gasteiger partial charge < -0.3 is 10.6 Å². The minimum Gasteiger partial charge on any atom is -0.355 e. The maximum atomic E-state index is 6.73. The van der Waals surface area contributed by atoms with E-state index in [1.54, 1.807) is 0 Å². The van der Waals surface area contributed by atoms with Crippen LogP contribution in [0.15, 0.2) is 61.1 Å². The van der Waals surface area contributed by atoms with E-state index in [4.69, 9.17) is 10.7 Å². The SMILES string of the molecule is Cc1nc(N2CCC3(CC2)Cc2ccncc2[C@H]3N)c2ccnn2c1-c1ccccc1. The van der Waals surface area contributed by atoms with Gasteiger partial charge in [0, 0.05) is 37.1 Å². The van der Waals surface area contributed by atoms with E-state index in [1.807, 2.05) is 29.2 Å². The Morgan fingerprint density at radius 1 is 1.03 bits per heavy atom. The van der Waals surface area contributed by atoms with Gasteiger partial charge in [0.1, 0.15) is 5.52 Å². The zero-order chi connectivity index (χ0) is 21.0. The van der Waals surface area contributed by atoms with E-state index < -0.39 is 0 Å². The molecule has 1 spiro atoms. The number of aromatic nitrogens is 4. The molecule has 0 saturated carbocycles. The third kappa shape index (κ3) is 2.78. The summed E-state index contributed by atoms with van der Waals surface area (Å²) in [6, 6.07) is 14.7. The normalized spacial score (nSPS) is 19.8. The summed E-state index contributed by atoms with van der Waals surface area (Å²) in [4.78, 5) is 11.8. The van der Waals surface area contributed by atoms with Crippen molar-refractivity contribution >= 4 is 11.3 Å². The molecule has 1 atom stereocenters. The van der Waals surface area contributed by atoms with E-state index in [0.29, 0.717) is 0 Å². The number of benzene rings is 1. The predicted molar refractivity (Wildman–Crippen MR) is 122 cm³/mol. The van der Waals surface area contributed by atoms with Crippen molar-refractivity contribution in [1.29, 1.82) is 0 Å². The van der Waals surface area contributed by atoms with Gasteiger partial charge in [-0.2, -0.15) is 5.10 Å². The van der Waals surface area contributed by atoms with E-state index in [1.165, 1.54) is 11.1 Å². The lowest BCUT2D eigenvalue weighted by Crippen LogP contribution is -2.44. The number of nitrogens with two attached hydrogens (primary N) is 1. The molecule has 3 aromatic heterocycles. The smallest absolute Gasteiger partial charge is 0.155 e. The highest BCUT2D eigenvalue weighted by Gasteiger charge is 2.46. The third-order valence-electron chi connectivity index (χ3n) is 7.29. The van der Waals surface area contributed by atoms with E-state index in [2.05, 4.69) is 58.3 Å². The van der Waals surface area contributed by atoms with E-state index in [9.17, 15) is 0 Å². The molecule has 6 heteroatoms. The molecule has 0 bridgehead atoms. The highest BCUT2D eigenvalue weighted by molar-refractivity contribution is 5.75. The zero-order valence-electron chi connectivity index (χ0n) is 17.7. The fourth-order valence-electron chi connectivity index (χ4n) is 5.58. The lowest BCUT2D eigenvalue weighted by molar-refractivity contribution is 0.187. The summed E-state index contributed by atoms with van der Waals surface area (Å²) in [6.07, 6.45) is 8.89. The standard InChI is InChI=1S/C25H26N6/c1-17-22(18-5-3-2-4-6-18)31-21(8-12-28-31)24(29-17)30-13-9-25(10-14-30)15-19-7-11-27-16-20(19)23(25)26/h2-8,11-12,16,23H,9-10,13-15,26H2,1H3/t23-/m1/s1. The minimum atomic E-state index is 0.0727. The van der Waals surface area contributed by atoms with Crippen LogP contribution in [-0.4, -0.2) is 32.7 Å². The molecule has 4 aromatic rings. The molecule has 0 amide bonds. The molecule has 0 unspecified atom stereocenters. The quantitative estimate of drug-likeness (QED) is 0.542. The van der Waals surface area contributed by atoms with Gasteiger partial charge in [-0.15, -0.1) is 0 Å². The number of piperidine rings is 1. The summed E-state index contributed by atoms with van der Waals surface area (Å²) in [7, 11) is 0. The second-order valence-corrected chi connectivity index (χ2v) is 8.94. The van der Waals surface area contributed by atoms with Crippen molar-refractivity contribution in [3.8, 4) is 11.3 Å². The number of pyridine rings is 1. The highest BCUT2D eigenvalue weighted by atomic mass is 15.3. The molecule has 1 aromatic carbocycles. The van der Waals surface area contributed by atoms with Crippen LogP contribution in [0.5, 0.6) is 0 Å². The van der Waals surface area contributed by atoms with Gasteiger partial charge in [0.15, 0.2) is 5.82 Å². The number of hydrogen-bond donors (Lipinski definition) is 1. The number of nitrogens with zero attached hydrogens (tertiary/aromatic N) is 5. The van der Waals surface area contributed by atoms with Crippen molar-refractivity contribution < 1.29 is 0 Å². The molecular weight excluding hydrogens is 384 g/mol. The van der Waals surface area contributed by atoms with Crippen LogP contribution < -0.4 is 10.6 Å². The fraction of sp³-hybridized carbons (Fsp3) is 0.320. The number of hydrogen-bond acceptors (Lipinski definition) is 5. The fourth-order valence-corrected chi connectivity index (χ4v) is 5.58. The molecule has 1 saturated heterocycles. The molecule has 1 aliphatic carbocycles. The van der Waals surface area contributed by atoms with Gasteiger partial charge in [-0.1, -0.05) is 30.3 Å². The van der Waals surface area contributed by atoms with Gasteiger partial charge in [-0.05, 0) is 54.9 Å². The Labute approximate surface area is 181 Å². The number of fused-ring (bicyclic) bond motifs is 2. The molecule has 31 heavy (non-hydrogen) atoms. The van der Waals surface area contributed by atoms with Crippen LogP contribution in [0.25, 0.3) is 16.8 Å². The summed E-state index contributed by atoms with van der Waals surface area (Å²) < 4.78 is 2.04. The average Bonchev–Trinajstić information content (AvgIpc) is 3.38. The van der Waals surface area contributed by atoms with Crippen LogP contribution >= 0.6 is 0 Å². The maximum absolute atomic E-state index is 6.73. The first-order valence-electron chi connectivity index (χ1n) is 11.0. The Balaban J connectivity index is 1.33. The first-order chi connectivity index (χ1) is 15.2. The Morgan fingerprint density at radius 2 is 1.84 bits per heavy atom. The summed E-state index contributed by atoms with van der Waals surface area (Å²) in [5.41, 5.74) is 13.7. The van der Waals surface area contributed by atoms with Crippen molar-refractivity contribution in [2.45, 2.75) is 32.2 Å². The van der Waals surface area contributed by atoms with Crippen LogP contribution in [0, 0.1) is 12.3 Å². The predicted octanol–water partition coefficient (Wildman–Crippen LogP) is 3.94. The molecule has 2 aliphatic rings. The van der Waals surface area contributed by atoms with Crippen molar-refractivity contribution in [1.82, 2.24) is 19.6 Å². The van der Waals surface area contributed by atoms with Gasteiger partial charge in [0.2, 0.25) is 0 Å². The lowest BCUT2D eigenvalue weighted by atomic mass is 9.73. The number of aryl methyl sites for hydroxylation is 1. The van der Waals surface area contributed by atoms with E-state index in [0.717, 1.165) is 60.6 Å². The van der Waals surface area contributed by atoms with Crippen LogP contribution in [-0.2, 0) is 6.42 Å². The van der Waals surface area contributed by atoms with Crippen molar-refractivity contribution in [3.05, 3.63) is 77.9 Å². The highest BCUT2D eigenvalue weighted by Crippen LogP contribution is 2.50. The largest absolute Gasteiger partial charge is 0.355 e. The summed E-state index contributed by atoms with van der Waals surface area (Å²) in [5.74, 6) is 1.02. The van der Waals surface area contributed by atoms with E-state index in [-0.39, 0.29) is 11.5 Å². The second-order valence-electron chi connectivity index (χ2n) is 8.94. The van der Waals surface area contributed by atoms with Crippen LogP contribution in [0.2, 0.25) is 0 Å². The molecule has 6 nitrogen and oxygen atoms in total. The van der Waals surface area contributed by atoms with E-state index >= 15 is 0 Å². The molecule has 2 N–H and O–H groups in total. The second kappa shape index (κ2) is 6.89. The Hall–Kier alpha value is -3.25. The summed E-state index contributed by atoms with van der Waals surface area (Å²) >= 11 is 0. The molecule has 4 heterocycles. The van der Waals surface area contributed by atoms with Crippen molar-refractivity contribution in [3.63, 3.8) is 0 Å². The third-order valence-corrected chi connectivity index (χ3v) is 7.29. The van der Waals surface area contributed by atoms with Crippen molar-refractivity contribution in [2.75, 3.05) is 18.0 Å². The maximum Gasteiger partial charge on any atom is 0.155 e. The average molecular weight is 411 g/mol. The first kappa shape index (κ1) is 18.5. The van der Waals surface area contributed by atoms with Crippen LogP contribution in [0.4, 0.5) is 5.82 Å². The molecule has 1 fully saturated rings. The van der Waals surface area contributed by atoms with Gasteiger partial charge in [0.05, 0.1) is 17.6 Å². The van der Waals surface area contributed by atoms with Crippen molar-refractivity contribution in [2.24, 2.45) is 11.1 Å². The molecule has 0 radical (unpaired) electrons. The van der Waals surface area contributed by atoms with Gasteiger partial charge in [0.25, 0.3) is 0 Å².